The zero-order chi connectivity index (χ0) is 16.2. The molecule has 5 nitrogen and oxygen atoms in total. The number of aromatic nitrogens is 1. The van der Waals surface area contributed by atoms with Crippen molar-refractivity contribution < 1.29 is 4.92 Å². The van der Waals surface area contributed by atoms with E-state index in [2.05, 4.69) is 4.99 Å². The summed E-state index contributed by atoms with van der Waals surface area (Å²) in [7, 11) is 0. The number of rotatable bonds is 4. The molecule has 3 rings (SSSR count). The molecule has 0 atom stereocenters. The van der Waals surface area contributed by atoms with E-state index < -0.39 is 4.92 Å². The molecule has 2 aromatic carbocycles. The largest absolute Gasteiger partial charge is 0.316 e. The predicted octanol–water partition coefficient (Wildman–Crippen LogP) is 4.79. The molecule has 0 amide bonds. The van der Waals surface area contributed by atoms with Crippen LogP contribution in [-0.4, -0.2) is 15.7 Å². The Bertz CT molecular complexity index is 852. The SMILES string of the molecule is O=[N+]([O-])c1ccc(N=Cc2cccn2-c2ccc(Cl)cc2)cc1. The number of hydrogen-bond donors (Lipinski definition) is 0. The van der Waals surface area contributed by atoms with Crippen LogP contribution < -0.4 is 0 Å². The summed E-state index contributed by atoms with van der Waals surface area (Å²) in [5.74, 6) is 0. The van der Waals surface area contributed by atoms with E-state index in [4.69, 9.17) is 11.6 Å². The number of hydrogen-bond acceptors (Lipinski definition) is 3. The summed E-state index contributed by atoms with van der Waals surface area (Å²) < 4.78 is 1.98. The van der Waals surface area contributed by atoms with Gasteiger partial charge in [0.2, 0.25) is 0 Å². The molecule has 0 unspecified atom stereocenters. The van der Waals surface area contributed by atoms with Crippen molar-refractivity contribution >= 4 is 29.2 Å². The molecule has 0 aliphatic carbocycles. The molecule has 0 saturated carbocycles. The van der Waals surface area contributed by atoms with Crippen molar-refractivity contribution in [1.82, 2.24) is 4.57 Å². The van der Waals surface area contributed by atoms with Gasteiger partial charge in [0.1, 0.15) is 0 Å². The Kier molecular flexibility index (Phi) is 4.21. The molecule has 1 aromatic heterocycles. The third-order valence-electron chi connectivity index (χ3n) is 3.29. The van der Waals surface area contributed by atoms with Crippen molar-refractivity contribution in [3.63, 3.8) is 0 Å². The van der Waals surface area contributed by atoms with Crippen LogP contribution >= 0.6 is 11.6 Å². The van der Waals surface area contributed by atoms with Crippen molar-refractivity contribution in [2.75, 3.05) is 0 Å². The number of halogens is 1. The maximum absolute atomic E-state index is 10.6. The molecule has 23 heavy (non-hydrogen) atoms. The molecule has 114 valence electrons. The summed E-state index contributed by atoms with van der Waals surface area (Å²) in [5, 5.41) is 11.3. The zero-order valence-corrected chi connectivity index (χ0v) is 12.7. The van der Waals surface area contributed by atoms with E-state index in [0.717, 1.165) is 11.4 Å². The minimum Gasteiger partial charge on any atom is -0.316 e. The van der Waals surface area contributed by atoms with Crippen molar-refractivity contribution in [1.29, 1.82) is 0 Å². The molecular weight excluding hydrogens is 314 g/mol. The topological polar surface area (TPSA) is 60.4 Å². The second-order valence-electron chi connectivity index (χ2n) is 4.81. The molecule has 0 N–H and O–H groups in total. The number of aliphatic imine (C=N–C) groups is 1. The van der Waals surface area contributed by atoms with Crippen molar-refractivity contribution in [2.24, 2.45) is 4.99 Å². The fourth-order valence-electron chi connectivity index (χ4n) is 2.14. The van der Waals surface area contributed by atoms with Crippen LogP contribution in [0.3, 0.4) is 0 Å². The van der Waals surface area contributed by atoms with E-state index in [1.165, 1.54) is 12.1 Å². The van der Waals surface area contributed by atoms with E-state index in [1.807, 2.05) is 47.2 Å². The lowest BCUT2D eigenvalue weighted by molar-refractivity contribution is -0.384. The number of benzene rings is 2. The lowest BCUT2D eigenvalue weighted by atomic mass is 10.3. The molecule has 3 aromatic rings. The van der Waals surface area contributed by atoms with Crippen LogP contribution in [0.1, 0.15) is 5.69 Å². The Morgan fingerprint density at radius 3 is 2.39 bits per heavy atom. The Labute approximate surface area is 137 Å². The van der Waals surface area contributed by atoms with Crippen LogP contribution in [0.2, 0.25) is 5.02 Å². The van der Waals surface area contributed by atoms with Crippen LogP contribution in [-0.2, 0) is 0 Å². The molecule has 0 fully saturated rings. The summed E-state index contributed by atoms with van der Waals surface area (Å²) in [6, 6.07) is 17.5. The molecule has 0 radical (unpaired) electrons. The highest BCUT2D eigenvalue weighted by Crippen LogP contribution is 2.19. The van der Waals surface area contributed by atoms with Crippen LogP contribution in [0.4, 0.5) is 11.4 Å². The van der Waals surface area contributed by atoms with Gasteiger partial charge in [0.25, 0.3) is 5.69 Å². The second kappa shape index (κ2) is 6.46. The summed E-state index contributed by atoms with van der Waals surface area (Å²) >= 11 is 5.91. The first kappa shape index (κ1) is 15.0. The molecule has 0 aliphatic rings. The quantitative estimate of drug-likeness (QED) is 0.393. The molecule has 1 heterocycles. The molecule has 0 saturated heterocycles. The number of non-ortho nitro benzene ring substituents is 1. The van der Waals surface area contributed by atoms with Gasteiger partial charge in [-0.25, -0.2) is 0 Å². The summed E-state index contributed by atoms with van der Waals surface area (Å²) in [6.45, 7) is 0. The van der Waals surface area contributed by atoms with Gasteiger partial charge >= 0.3 is 0 Å². The normalized spacial score (nSPS) is 11.0. The zero-order valence-electron chi connectivity index (χ0n) is 12.0. The van der Waals surface area contributed by atoms with E-state index in [-0.39, 0.29) is 5.69 Å². The molecule has 0 spiro atoms. The van der Waals surface area contributed by atoms with E-state index in [1.54, 1.807) is 18.3 Å². The Balaban J connectivity index is 1.84. The monoisotopic (exact) mass is 325 g/mol. The van der Waals surface area contributed by atoms with E-state index in [9.17, 15) is 10.1 Å². The smallest absolute Gasteiger partial charge is 0.269 e. The van der Waals surface area contributed by atoms with Crippen molar-refractivity contribution in [3.8, 4) is 5.69 Å². The average molecular weight is 326 g/mol. The standard InChI is InChI=1S/C17H12ClN3O2/c18-13-3-7-15(8-4-13)20-11-1-2-17(20)12-19-14-5-9-16(10-6-14)21(22)23/h1-12H. The van der Waals surface area contributed by atoms with Crippen LogP contribution in [0.25, 0.3) is 5.69 Å². The third-order valence-corrected chi connectivity index (χ3v) is 3.54. The van der Waals surface area contributed by atoms with Gasteiger partial charge in [0.15, 0.2) is 0 Å². The first-order valence-corrected chi connectivity index (χ1v) is 7.23. The number of nitro benzene ring substituents is 1. The number of nitrogens with zero attached hydrogens (tertiary/aromatic N) is 3. The Morgan fingerprint density at radius 1 is 1.04 bits per heavy atom. The molecule has 0 aliphatic heterocycles. The summed E-state index contributed by atoms with van der Waals surface area (Å²) in [5.41, 5.74) is 2.57. The molecular formula is C17H12ClN3O2. The lowest BCUT2D eigenvalue weighted by Gasteiger charge is -2.06. The van der Waals surface area contributed by atoms with Crippen molar-refractivity contribution in [3.05, 3.63) is 87.7 Å². The summed E-state index contributed by atoms with van der Waals surface area (Å²) in [6.07, 6.45) is 3.65. The van der Waals surface area contributed by atoms with E-state index in [0.29, 0.717) is 10.7 Å². The minimum absolute atomic E-state index is 0.0495. The van der Waals surface area contributed by atoms with Gasteiger partial charge in [-0.1, -0.05) is 11.6 Å². The number of nitro groups is 1. The van der Waals surface area contributed by atoms with Crippen LogP contribution in [0.5, 0.6) is 0 Å². The van der Waals surface area contributed by atoms with E-state index >= 15 is 0 Å². The first-order valence-electron chi connectivity index (χ1n) is 6.85. The molecule has 6 heteroatoms. The first-order chi connectivity index (χ1) is 11.1. The van der Waals surface area contributed by atoms with Gasteiger partial charge in [0.05, 0.1) is 22.5 Å². The van der Waals surface area contributed by atoms with Crippen LogP contribution in [0, 0.1) is 10.1 Å². The van der Waals surface area contributed by atoms with Crippen LogP contribution in [0.15, 0.2) is 71.9 Å². The van der Waals surface area contributed by atoms with Gasteiger partial charge in [-0.3, -0.25) is 15.1 Å². The highest BCUT2D eigenvalue weighted by atomic mass is 35.5. The summed E-state index contributed by atoms with van der Waals surface area (Å²) in [4.78, 5) is 14.6. The van der Waals surface area contributed by atoms with Gasteiger partial charge in [0, 0.05) is 29.0 Å². The predicted molar refractivity (Wildman–Crippen MR) is 91.1 cm³/mol. The molecule has 0 bridgehead atoms. The van der Waals surface area contributed by atoms with Gasteiger partial charge in [-0.05, 0) is 48.5 Å². The highest BCUT2D eigenvalue weighted by Gasteiger charge is 2.04. The third kappa shape index (κ3) is 3.46. The van der Waals surface area contributed by atoms with Gasteiger partial charge in [-0.2, -0.15) is 0 Å². The maximum Gasteiger partial charge on any atom is 0.269 e. The fourth-order valence-corrected chi connectivity index (χ4v) is 2.26. The Morgan fingerprint density at radius 2 is 1.74 bits per heavy atom. The average Bonchev–Trinajstić information content (AvgIpc) is 3.02. The fraction of sp³-hybridized carbons (Fsp3) is 0. The minimum atomic E-state index is -0.431. The highest BCUT2D eigenvalue weighted by molar-refractivity contribution is 6.30. The maximum atomic E-state index is 10.6. The van der Waals surface area contributed by atoms with Gasteiger partial charge in [-0.15, -0.1) is 0 Å². The van der Waals surface area contributed by atoms with Gasteiger partial charge < -0.3 is 4.57 Å². The Hall–Kier alpha value is -2.92. The lowest BCUT2D eigenvalue weighted by Crippen LogP contribution is -1.97. The van der Waals surface area contributed by atoms with Crippen molar-refractivity contribution in [2.45, 2.75) is 0 Å². The second-order valence-corrected chi connectivity index (χ2v) is 5.25.